The van der Waals surface area contributed by atoms with Crippen molar-refractivity contribution in [3.05, 3.63) is 54.1 Å². The standard InChI is InChI=1S/C24H30N2O2/c1-24(2,3)25-15-13-20(14-16-25)28-21-10-11-22-18(17-21)9-12-23(27)26(22)19-7-5-4-6-8-19/h4-8,10-11,17,20H,9,12-16H2,1-3H3. The Bertz CT molecular complexity index is 833. The largest absolute Gasteiger partial charge is 0.490 e. The molecular weight excluding hydrogens is 348 g/mol. The van der Waals surface area contributed by atoms with Gasteiger partial charge in [0.1, 0.15) is 11.9 Å². The molecule has 4 heteroatoms. The highest BCUT2D eigenvalue weighted by molar-refractivity contribution is 6.03. The summed E-state index contributed by atoms with van der Waals surface area (Å²) in [4.78, 5) is 16.9. The highest BCUT2D eigenvalue weighted by Crippen LogP contribution is 2.36. The van der Waals surface area contributed by atoms with E-state index in [1.165, 1.54) is 5.56 Å². The van der Waals surface area contributed by atoms with Crippen molar-refractivity contribution in [1.29, 1.82) is 0 Å². The van der Waals surface area contributed by atoms with Crippen molar-refractivity contribution in [3.63, 3.8) is 0 Å². The molecule has 2 aromatic rings. The van der Waals surface area contributed by atoms with Crippen molar-refractivity contribution in [1.82, 2.24) is 4.90 Å². The van der Waals surface area contributed by atoms with Gasteiger partial charge in [0.15, 0.2) is 0 Å². The lowest BCUT2D eigenvalue weighted by Crippen LogP contribution is -2.48. The second-order valence-electron chi connectivity index (χ2n) is 8.83. The minimum atomic E-state index is 0.155. The summed E-state index contributed by atoms with van der Waals surface area (Å²) in [6, 6.07) is 16.1. The molecule has 0 radical (unpaired) electrons. The van der Waals surface area contributed by atoms with Gasteiger partial charge in [-0.1, -0.05) is 18.2 Å². The van der Waals surface area contributed by atoms with E-state index in [1.54, 1.807) is 0 Å². The third-order valence-corrected chi connectivity index (χ3v) is 5.86. The average molecular weight is 379 g/mol. The predicted octanol–water partition coefficient (Wildman–Crippen LogP) is 4.94. The highest BCUT2D eigenvalue weighted by Gasteiger charge is 2.29. The first kappa shape index (κ1) is 19.0. The summed E-state index contributed by atoms with van der Waals surface area (Å²) in [5.74, 6) is 1.08. The third-order valence-electron chi connectivity index (χ3n) is 5.86. The molecule has 2 aromatic carbocycles. The number of nitrogens with zero attached hydrogens (tertiary/aromatic N) is 2. The molecule has 0 aliphatic carbocycles. The molecule has 0 aromatic heterocycles. The van der Waals surface area contributed by atoms with Gasteiger partial charge in [-0.2, -0.15) is 0 Å². The lowest BCUT2D eigenvalue weighted by atomic mass is 9.99. The monoisotopic (exact) mass is 378 g/mol. The van der Waals surface area contributed by atoms with Crippen molar-refractivity contribution in [2.24, 2.45) is 0 Å². The molecule has 0 atom stereocenters. The zero-order valence-electron chi connectivity index (χ0n) is 17.1. The fourth-order valence-corrected chi connectivity index (χ4v) is 4.24. The van der Waals surface area contributed by atoms with E-state index in [1.807, 2.05) is 47.4 Å². The molecule has 2 aliphatic heterocycles. The quantitative estimate of drug-likeness (QED) is 0.758. The van der Waals surface area contributed by atoms with Gasteiger partial charge in [0.25, 0.3) is 0 Å². The normalized spacial score (nSPS) is 18.8. The molecule has 28 heavy (non-hydrogen) atoms. The lowest BCUT2D eigenvalue weighted by molar-refractivity contribution is -0.118. The number of benzene rings is 2. The average Bonchev–Trinajstić information content (AvgIpc) is 2.68. The van der Waals surface area contributed by atoms with E-state index in [2.05, 4.69) is 31.7 Å². The van der Waals surface area contributed by atoms with Crippen LogP contribution in [0.1, 0.15) is 45.6 Å². The minimum absolute atomic E-state index is 0.155. The van der Waals surface area contributed by atoms with Crippen LogP contribution in [0.3, 0.4) is 0 Å². The number of amides is 1. The predicted molar refractivity (Wildman–Crippen MR) is 113 cm³/mol. The Kier molecular flexibility index (Phi) is 5.15. The van der Waals surface area contributed by atoms with Gasteiger partial charge in [0.2, 0.25) is 5.91 Å². The van der Waals surface area contributed by atoms with Crippen molar-refractivity contribution in [3.8, 4) is 5.75 Å². The van der Waals surface area contributed by atoms with Gasteiger partial charge in [-0.15, -0.1) is 0 Å². The third kappa shape index (κ3) is 3.93. The maximum Gasteiger partial charge on any atom is 0.231 e. The zero-order chi connectivity index (χ0) is 19.7. The van der Waals surface area contributed by atoms with Gasteiger partial charge >= 0.3 is 0 Å². The molecule has 148 valence electrons. The molecule has 4 nitrogen and oxygen atoms in total. The number of hydrogen-bond acceptors (Lipinski definition) is 3. The number of aryl methyl sites for hydroxylation is 1. The van der Waals surface area contributed by atoms with Crippen LogP contribution in [0, 0.1) is 0 Å². The minimum Gasteiger partial charge on any atom is -0.490 e. The highest BCUT2D eigenvalue weighted by atomic mass is 16.5. The number of ether oxygens (including phenoxy) is 1. The molecule has 0 bridgehead atoms. The molecular formula is C24H30N2O2. The molecule has 0 spiro atoms. The van der Waals surface area contributed by atoms with Gasteiger partial charge in [-0.3, -0.25) is 14.6 Å². The number of rotatable bonds is 3. The molecule has 4 rings (SSSR count). The first-order valence-electron chi connectivity index (χ1n) is 10.3. The second-order valence-corrected chi connectivity index (χ2v) is 8.83. The molecule has 2 heterocycles. The van der Waals surface area contributed by atoms with E-state index in [0.29, 0.717) is 6.42 Å². The topological polar surface area (TPSA) is 32.8 Å². The van der Waals surface area contributed by atoms with Crippen LogP contribution in [0.25, 0.3) is 0 Å². The van der Waals surface area contributed by atoms with E-state index < -0.39 is 0 Å². The van der Waals surface area contributed by atoms with E-state index in [-0.39, 0.29) is 17.6 Å². The second kappa shape index (κ2) is 7.59. The van der Waals surface area contributed by atoms with Crippen LogP contribution in [-0.2, 0) is 11.2 Å². The molecule has 0 unspecified atom stereocenters. The number of para-hydroxylation sites is 1. The maximum absolute atomic E-state index is 12.6. The molecule has 1 fully saturated rings. The Morgan fingerprint density at radius 1 is 0.964 bits per heavy atom. The van der Waals surface area contributed by atoms with E-state index in [4.69, 9.17) is 4.74 Å². The van der Waals surface area contributed by atoms with E-state index in [0.717, 1.165) is 49.5 Å². The number of carbonyl (C=O) groups is 1. The number of piperidine rings is 1. The van der Waals surface area contributed by atoms with Gasteiger partial charge < -0.3 is 4.74 Å². The van der Waals surface area contributed by atoms with E-state index in [9.17, 15) is 4.79 Å². The summed E-state index contributed by atoms with van der Waals surface area (Å²) in [5.41, 5.74) is 3.33. The van der Waals surface area contributed by atoms with Crippen molar-refractivity contribution in [2.45, 2.75) is 58.1 Å². The number of likely N-dealkylation sites (tertiary alicyclic amines) is 1. The summed E-state index contributed by atoms with van der Waals surface area (Å²) >= 11 is 0. The zero-order valence-corrected chi connectivity index (χ0v) is 17.1. The van der Waals surface area contributed by atoms with Crippen molar-refractivity contribution in [2.75, 3.05) is 18.0 Å². The Morgan fingerprint density at radius 2 is 1.68 bits per heavy atom. The molecule has 0 N–H and O–H groups in total. The summed E-state index contributed by atoms with van der Waals surface area (Å²) in [7, 11) is 0. The van der Waals surface area contributed by atoms with Crippen LogP contribution in [0.2, 0.25) is 0 Å². The lowest BCUT2D eigenvalue weighted by Gasteiger charge is -2.40. The Balaban J connectivity index is 1.48. The Labute approximate surface area is 168 Å². The van der Waals surface area contributed by atoms with Crippen LogP contribution in [-0.4, -0.2) is 35.5 Å². The number of fused-ring (bicyclic) bond motifs is 1. The first-order valence-corrected chi connectivity index (χ1v) is 10.3. The Morgan fingerprint density at radius 3 is 2.36 bits per heavy atom. The molecule has 0 saturated carbocycles. The number of carbonyl (C=O) groups excluding carboxylic acids is 1. The van der Waals surface area contributed by atoms with Crippen molar-refractivity contribution >= 4 is 17.3 Å². The first-order chi connectivity index (χ1) is 13.4. The summed E-state index contributed by atoms with van der Waals surface area (Å²) in [6.07, 6.45) is 3.70. The van der Waals surface area contributed by atoms with Gasteiger partial charge in [-0.05, 0) is 75.9 Å². The van der Waals surface area contributed by atoms with Crippen LogP contribution in [0.15, 0.2) is 48.5 Å². The number of anilines is 2. The van der Waals surface area contributed by atoms with Crippen LogP contribution in [0.5, 0.6) is 5.75 Å². The molecule has 2 aliphatic rings. The Hall–Kier alpha value is -2.33. The molecule has 1 saturated heterocycles. The van der Waals surface area contributed by atoms with Crippen LogP contribution < -0.4 is 9.64 Å². The van der Waals surface area contributed by atoms with Gasteiger partial charge in [0.05, 0.1) is 5.69 Å². The molecule has 1 amide bonds. The SMILES string of the molecule is CC(C)(C)N1CCC(Oc2ccc3c(c2)CCC(=O)N3c2ccccc2)CC1. The fraction of sp³-hybridized carbons (Fsp3) is 0.458. The van der Waals surface area contributed by atoms with Gasteiger partial charge in [0, 0.05) is 30.7 Å². The van der Waals surface area contributed by atoms with E-state index >= 15 is 0 Å². The van der Waals surface area contributed by atoms with Crippen molar-refractivity contribution < 1.29 is 9.53 Å². The summed E-state index contributed by atoms with van der Waals surface area (Å²) in [5, 5.41) is 0. The maximum atomic E-state index is 12.6. The summed E-state index contributed by atoms with van der Waals surface area (Å²) in [6.45, 7) is 8.98. The fourth-order valence-electron chi connectivity index (χ4n) is 4.24. The number of hydrogen-bond donors (Lipinski definition) is 0. The summed E-state index contributed by atoms with van der Waals surface area (Å²) < 4.78 is 6.32. The van der Waals surface area contributed by atoms with Crippen LogP contribution in [0.4, 0.5) is 11.4 Å². The smallest absolute Gasteiger partial charge is 0.231 e. The van der Waals surface area contributed by atoms with Gasteiger partial charge in [-0.25, -0.2) is 0 Å². The van der Waals surface area contributed by atoms with Crippen LogP contribution >= 0.6 is 0 Å².